The molecule has 0 bridgehead atoms. The van der Waals surface area contributed by atoms with Crippen LogP contribution in [0.25, 0.3) is 0 Å². The van der Waals surface area contributed by atoms with E-state index in [1.807, 2.05) is 18.3 Å². The number of rotatable bonds is 5. The summed E-state index contributed by atoms with van der Waals surface area (Å²) < 4.78 is 0. The van der Waals surface area contributed by atoms with E-state index in [2.05, 4.69) is 46.9 Å². The first-order chi connectivity index (χ1) is 8.38. The Hall–Kier alpha value is -1.48. The van der Waals surface area contributed by atoms with Gasteiger partial charge in [0.15, 0.2) is 0 Å². The van der Waals surface area contributed by atoms with Gasteiger partial charge in [0.25, 0.3) is 0 Å². The predicted octanol–water partition coefficient (Wildman–Crippen LogP) is 3.46. The molecule has 0 aliphatic rings. The smallest absolute Gasteiger partial charge is 0.0421 e. The molecule has 0 aliphatic heterocycles. The highest BCUT2D eigenvalue weighted by molar-refractivity contribution is 7.98. The number of pyridine rings is 1. The lowest BCUT2D eigenvalue weighted by Crippen LogP contribution is -2.05. The van der Waals surface area contributed by atoms with E-state index in [0.29, 0.717) is 0 Å². The molecular formula is C14H16N2S. The summed E-state index contributed by atoms with van der Waals surface area (Å²) in [7, 11) is 0. The first kappa shape index (κ1) is 12.0. The molecule has 0 spiro atoms. The van der Waals surface area contributed by atoms with Crippen molar-refractivity contribution in [3.05, 3.63) is 54.4 Å². The van der Waals surface area contributed by atoms with Gasteiger partial charge < -0.3 is 5.32 Å². The molecule has 1 N–H and O–H groups in total. The second-order valence-corrected chi connectivity index (χ2v) is 4.61. The van der Waals surface area contributed by atoms with Crippen molar-refractivity contribution in [2.45, 2.75) is 11.3 Å². The molecule has 0 saturated heterocycles. The van der Waals surface area contributed by atoms with Crippen LogP contribution < -0.4 is 5.32 Å². The Balaban J connectivity index is 1.82. The second kappa shape index (κ2) is 6.30. The molecule has 0 unspecified atom stereocenters. The van der Waals surface area contributed by atoms with E-state index in [4.69, 9.17) is 0 Å². The van der Waals surface area contributed by atoms with Crippen molar-refractivity contribution in [1.29, 1.82) is 0 Å². The normalized spacial score (nSPS) is 10.2. The fourth-order valence-electron chi connectivity index (χ4n) is 1.59. The van der Waals surface area contributed by atoms with Crippen LogP contribution in [-0.4, -0.2) is 17.8 Å². The Kier molecular flexibility index (Phi) is 4.45. The van der Waals surface area contributed by atoms with E-state index in [9.17, 15) is 0 Å². The number of nitrogens with one attached hydrogen (secondary N) is 1. The first-order valence-electron chi connectivity index (χ1n) is 5.66. The van der Waals surface area contributed by atoms with Crippen LogP contribution in [0.4, 0.5) is 5.69 Å². The molecule has 0 amide bonds. The maximum atomic E-state index is 4.29. The fraction of sp³-hybridized carbons (Fsp3) is 0.214. The Morgan fingerprint density at radius 3 is 2.59 bits per heavy atom. The van der Waals surface area contributed by atoms with E-state index in [1.54, 1.807) is 11.8 Å². The molecule has 2 aromatic rings. The zero-order valence-electron chi connectivity index (χ0n) is 9.89. The third kappa shape index (κ3) is 3.79. The maximum absolute atomic E-state index is 4.29. The Bertz CT molecular complexity index is 440. The lowest BCUT2D eigenvalue weighted by molar-refractivity contribution is 0.961. The van der Waals surface area contributed by atoms with Crippen LogP contribution in [0.1, 0.15) is 5.69 Å². The van der Waals surface area contributed by atoms with Crippen LogP contribution in [0.3, 0.4) is 0 Å². The highest BCUT2D eigenvalue weighted by Gasteiger charge is 1.95. The summed E-state index contributed by atoms with van der Waals surface area (Å²) in [6.07, 6.45) is 4.87. The van der Waals surface area contributed by atoms with Crippen LogP contribution in [0.5, 0.6) is 0 Å². The standard InChI is InChI=1S/C14H16N2S/c1-17-14-7-5-13(6-8-14)16-11-9-12-4-2-3-10-15-12/h2-8,10,16H,9,11H2,1H3. The van der Waals surface area contributed by atoms with Gasteiger partial charge in [-0.15, -0.1) is 11.8 Å². The topological polar surface area (TPSA) is 24.9 Å². The van der Waals surface area contributed by atoms with Crippen LogP contribution in [0, 0.1) is 0 Å². The highest BCUT2D eigenvalue weighted by atomic mass is 32.2. The van der Waals surface area contributed by atoms with Crippen molar-refractivity contribution in [3.8, 4) is 0 Å². The molecule has 1 aromatic carbocycles. The van der Waals surface area contributed by atoms with Crippen molar-refractivity contribution in [3.63, 3.8) is 0 Å². The monoisotopic (exact) mass is 244 g/mol. The van der Waals surface area contributed by atoms with E-state index < -0.39 is 0 Å². The molecule has 0 atom stereocenters. The van der Waals surface area contributed by atoms with Gasteiger partial charge in [-0.05, 0) is 42.7 Å². The van der Waals surface area contributed by atoms with Crippen LogP contribution in [0.15, 0.2) is 53.6 Å². The van der Waals surface area contributed by atoms with Crippen molar-refractivity contribution >= 4 is 17.4 Å². The molecule has 0 aliphatic carbocycles. The number of nitrogens with zero attached hydrogens (tertiary/aromatic N) is 1. The number of benzene rings is 1. The molecule has 88 valence electrons. The van der Waals surface area contributed by atoms with Crippen molar-refractivity contribution in [1.82, 2.24) is 4.98 Å². The molecule has 2 nitrogen and oxygen atoms in total. The van der Waals surface area contributed by atoms with Crippen LogP contribution in [0.2, 0.25) is 0 Å². The molecule has 0 saturated carbocycles. The summed E-state index contributed by atoms with van der Waals surface area (Å²) in [5, 5.41) is 3.40. The van der Waals surface area contributed by atoms with E-state index in [0.717, 1.165) is 18.7 Å². The van der Waals surface area contributed by atoms with Gasteiger partial charge in [0, 0.05) is 35.4 Å². The maximum Gasteiger partial charge on any atom is 0.0421 e. The van der Waals surface area contributed by atoms with E-state index >= 15 is 0 Å². The van der Waals surface area contributed by atoms with Gasteiger partial charge in [-0.3, -0.25) is 4.98 Å². The third-order valence-corrected chi connectivity index (χ3v) is 3.27. The molecule has 1 aromatic heterocycles. The number of hydrogen-bond donors (Lipinski definition) is 1. The van der Waals surface area contributed by atoms with Gasteiger partial charge in [0.2, 0.25) is 0 Å². The zero-order valence-corrected chi connectivity index (χ0v) is 10.7. The average Bonchev–Trinajstić information content (AvgIpc) is 2.41. The van der Waals surface area contributed by atoms with Gasteiger partial charge in [-0.2, -0.15) is 0 Å². The Labute approximate surface area is 106 Å². The highest BCUT2D eigenvalue weighted by Crippen LogP contribution is 2.17. The van der Waals surface area contributed by atoms with Crippen molar-refractivity contribution < 1.29 is 0 Å². The summed E-state index contributed by atoms with van der Waals surface area (Å²) in [6.45, 7) is 0.912. The summed E-state index contributed by atoms with van der Waals surface area (Å²) in [4.78, 5) is 5.59. The summed E-state index contributed by atoms with van der Waals surface area (Å²) in [5.41, 5.74) is 2.29. The average molecular weight is 244 g/mol. The lowest BCUT2D eigenvalue weighted by Gasteiger charge is -2.06. The number of thioether (sulfide) groups is 1. The zero-order chi connectivity index (χ0) is 11.9. The largest absolute Gasteiger partial charge is 0.385 e. The van der Waals surface area contributed by atoms with E-state index in [-0.39, 0.29) is 0 Å². The predicted molar refractivity (Wildman–Crippen MR) is 74.7 cm³/mol. The first-order valence-corrected chi connectivity index (χ1v) is 6.89. The molecule has 0 radical (unpaired) electrons. The molecule has 3 heteroatoms. The Morgan fingerprint density at radius 2 is 1.94 bits per heavy atom. The molecular weight excluding hydrogens is 228 g/mol. The van der Waals surface area contributed by atoms with Gasteiger partial charge >= 0.3 is 0 Å². The quantitative estimate of drug-likeness (QED) is 0.815. The molecule has 2 rings (SSSR count). The number of hydrogen-bond acceptors (Lipinski definition) is 3. The second-order valence-electron chi connectivity index (χ2n) is 3.73. The van der Waals surface area contributed by atoms with Gasteiger partial charge in [0.1, 0.15) is 0 Å². The van der Waals surface area contributed by atoms with Crippen molar-refractivity contribution in [2.24, 2.45) is 0 Å². The van der Waals surface area contributed by atoms with Gasteiger partial charge in [0.05, 0.1) is 0 Å². The fourth-order valence-corrected chi connectivity index (χ4v) is 2.00. The molecule has 17 heavy (non-hydrogen) atoms. The lowest BCUT2D eigenvalue weighted by atomic mass is 10.2. The van der Waals surface area contributed by atoms with Gasteiger partial charge in [-0.25, -0.2) is 0 Å². The Morgan fingerprint density at radius 1 is 1.12 bits per heavy atom. The summed E-state index contributed by atoms with van der Waals surface area (Å²) in [6, 6.07) is 14.5. The van der Waals surface area contributed by atoms with E-state index in [1.165, 1.54) is 10.6 Å². The SMILES string of the molecule is CSc1ccc(NCCc2ccccn2)cc1. The van der Waals surface area contributed by atoms with Crippen LogP contribution >= 0.6 is 11.8 Å². The molecule has 1 heterocycles. The number of anilines is 1. The summed E-state index contributed by atoms with van der Waals surface area (Å²) >= 11 is 1.76. The third-order valence-electron chi connectivity index (χ3n) is 2.53. The van der Waals surface area contributed by atoms with Gasteiger partial charge in [-0.1, -0.05) is 6.07 Å². The minimum Gasteiger partial charge on any atom is -0.385 e. The molecule has 0 fully saturated rings. The van der Waals surface area contributed by atoms with Crippen molar-refractivity contribution in [2.75, 3.05) is 18.1 Å². The summed E-state index contributed by atoms with van der Waals surface area (Å²) in [5.74, 6) is 0. The van der Waals surface area contributed by atoms with Crippen LogP contribution in [-0.2, 0) is 6.42 Å². The number of aromatic nitrogens is 1. The minimum absolute atomic E-state index is 0.912. The minimum atomic E-state index is 0.912.